The van der Waals surface area contributed by atoms with Crippen LogP contribution in [0.15, 0.2) is 59.8 Å². The maximum absolute atomic E-state index is 11.3. The van der Waals surface area contributed by atoms with Gasteiger partial charge in [0, 0.05) is 18.6 Å². The van der Waals surface area contributed by atoms with Gasteiger partial charge in [-0.3, -0.25) is 0 Å². The first-order valence-corrected chi connectivity index (χ1v) is 10.9. The molecule has 2 aromatic rings. The van der Waals surface area contributed by atoms with E-state index in [1.54, 1.807) is 6.92 Å². The number of benzene rings is 2. The summed E-state index contributed by atoms with van der Waals surface area (Å²) in [4.78, 5) is 16.8. The van der Waals surface area contributed by atoms with Crippen LogP contribution in [0.4, 0.5) is 0 Å². The van der Waals surface area contributed by atoms with Crippen molar-refractivity contribution >= 4 is 11.7 Å². The molecule has 0 saturated carbocycles. The quantitative estimate of drug-likeness (QED) is 0.243. The molecule has 168 valence electrons. The van der Waals surface area contributed by atoms with E-state index in [4.69, 9.17) is 14.3 Å². The zero-order valence-corrected chi connectivity index (χ0v) is 18.5. The van der Waals surface area contributed by atoms with Crippen LogP contribution in [0.3, 0.4) is 0 Å². The third kappa shape index (κ3) is 9.22. The van der Waals surface area contributed by atoms with E-state index < -0.39 is 12.1 Å². The van der Waals surface area contributed by atoms with E-state index in [0.29, 0.717) is 25.4 Å². The number of nitrogens with zero attached hydrogens (tertiary/aromatic N) is 1. The van der Waals surface area contributed by atoms with Crippen molar-refractivity contribution in [1.29, 1.82) is 0 Å². The molecule has 0 saturated heterocycles. The van der Waals surface area contributed by atoms with Crippen LogP contribution in [0, 0.1) is 0 Å². The average molecular weight is 428 g/mol. The van der Waals surface area contributed by atoms with Crippen LogP contribution < -0.4 is 4.74 Å². The molecule has 2 aromatic carbocycles. The lowest BCUT2D eigenvalue weighted by Crippen LogP contribution is -2.26. The minimum absolute atomic E-state index is 0.273. The van der Waals surface area contributed by atoms with Crippen molar-refractivity contribution < 1.29 is 24.2 Å². The summed E-state index contributed by atoms with van der Waals surface area (Å²) in [6.45, 7) is 5.19. The summed E-state index contributed by atoms with van der Waals surface area (Å²) in [5.74, 6) is -0.279. The fourth-order valence-corrected chi connectivity index (χ4v) is 3.02. The molecule has 0 aliphatic heterocycles. The third-order valence-corrected chi connectivity index (χ3v) is 4.73. The molecule has 1 N–H and O–H groups in total. The van der Waals surface area contributed by atoms with Gasteiger partial charge < -0.3 is 19.4 Å². The smallest absolute Gasteiger partial charge is 0.333 e. The van der Waals surface area contributed by atoms with E-state index in [1.165, 1.54) is 12.8 Å². The first-order valence-electron chi connectivity index (χ1n) is 10.9. The number of carboxylic acids is 1. The highest BCUT2D eigenvalue weighted by molar-refractivity contribution is 6.01. The standard InChI is InChI=1S/C25H33NO5/c1-3-5-6-10-17-31-26-23(21-11-8-7-9-12-21)19-30-22-15-13-20(14-16-22)18-24(25(27)28)29-4-2/h7-9,11-16,24H,3-6,10,17-19H2,1-2H3,(H,27,28). The van der Waals surface area contributed by atoms with Gasteiger partial charge in [0.2, 0.25) is 0 Å². The number of hydrogen-bond acceptors (Lipinski definition) is 5. The third-order valence-electron chi connectivity index (χ3n) is 4.73. The van der Waals surface area contributed by atoms with E-state index in [0.717, 1.165) is 29.7 Å². The predicted molar refractivity (Wildman–Crippen MR) is 122 cm³/mol. The van der Waals surface area contributed by atoms with Gasteiger partial charge in [0.25, 0.3) is 0 Å². The number of hydrogen-bond donors (Lipinski definition) is 1. The van der Waals surface area contributed by atoms with Crippen molar-refractivity contribution in [3.05, 3.63) is 65.7 Å². The zero-order chi connectivity index (χ0) is 22.3. The Hall–Kier alpha value is -2.86. The van der Waals surface area contributed by atoms with Crippen molar-refractivity contribution in [3.63, 3.8) is 0 Å². The lowest BCUT2D eigenvalue weighted by atomic mass is 10.1. The van der Waals surface area contributed by atoms with Gasteiger partial charge in [0.1, 0.15) is 24.7 Å². The topological polar surface area (TPSA) is 77.3 Å². The molecule has 1 atom stereocenters. The fourth-order valence-electron chi connectivity index (χ4n) is 3.02. The molecule has 0 aliphatic rings. The van der Waals surface area contributed by atoms with Gasteiger partial charge in [0.15, 0.2) is 6.10 Å². The van der Waals surface area contributed by atoms with E-state index in [2.05, 4.69) is 12.1 Å². The Balaban J connectivity index is 1.95. The first-order chi connectivity index (χ1) is 15.1. The molecule has 6 nitrogen and oxygen atoms in total. The summed E-state index contributed by atoms with van der Waals surface area (Å²) in [7, 11) is 0. The lowest BCUT2D eigenvalue weighted by molar-refractivity contribution is -0.149. The van der Waals surface area contributed by atoms with Crippen molar-refractivity contribution in [1.82, 2.24) is 0 Å². The Bertz CT molecular complexity index is 789. The summed E-state index contributed by atoms with van der Waals surface area (Å²) in [6.07, 6.45) is 3.99. The Morgan fingerprint density at radius 1 is 1.00 bits per heavy atom. The van der Waals surface area contributed by atoms with Crippen LogP contribution in [0.1, 0.15) is 50.7 Å². The van der Waals surface area contributed by atoms with E-state index >= 15 is 0 Å². The molecule has 2 rings (SSSR count). The van der Waals surface area contributed by atoms with Crippen molar-refractivity contribution in [2.75, 3.05) is 19.8 Å². The highest BCUT2D eigenvalue weighted by atomic mass is 16.6. The maximum atomic E-state index is 11.3. The Labute approximate surface area is 184 Å². The molecule has 0 radical (unpaired) electrons. The minimum Gasteiger partial charge on any atom is -0.487 e. The van der Waals surface area contributed by atoms with Gasteiger partial charge >= 0.3 is 5.97 Å². The van der Waals surface area contributed by atoms with Gasteiger partial charge in [-0.05, 0) is 37.5 Å². The largest absolute Gasteiger partial charge is 0.487 e. The number of carbonyl (C=O) groups is 1. The number of carboxylic acid groups (broad SMARTS) is 1. The highest BCUT2D eigenvalue weighted by Crippen LogP contribution is 2.15. The summed E-state index contributed by atoms with van der Waals surface area (Å²) in [5, 5.41) is 13.5. The first kappa shape index (κ1) is 24.4. The molecular weight excluding hydrogens is 394 g/mol. The maximum Gasteiger partial charge on any atom is 0.333 e. The Morgan fingerprint density at radius 3 is 2.39 bits per heavy atom. The number of rotatable bonds is 15. The summed E-state index contributed by atoms with van der Waals surface area (Å²) in [5.41, 5.74) is 2.55. The monoisotopic (exact) mass is 427 g/mol. The highest BCUT2D eigenvalue weighted by Gasteiger charge is 2.17. The second-order valence-electron chi connectivity index (χ2n) is 7.22. The number of ether oxygens (including phenoxy) is 2. The molecule has 31 heavy (non-hydrogen) atoms. The number of oxime groups is 1. The van der Waals surface area contributed by atoms with Gasteiger partial charge in [-0.25, -0.2) is 4.79 Å². The second kappa shape index (κ2) is 14.2. The summed E-state index contributed by atoms with van der Waals surface area (Å²) >= 11 is 0. The Morgan fingerprint density at radius 2 is 1.74 bits per heavy atom. The normalized spacial score (nSPS) is 12.4. The SMILES string of the molecule is CCCCCCON=C(COc1ccc(CC(OCC)C(=O)O)cc1)c1ccccc1. The lowest BCUT2D eigenvalue weighted by Gasteiger charge is -2.13. The van der Waals surface area contributed by atoms with Crippen molar-refractivity contribution in [2.24, 2.45) is 5.16 Å². The average Bonchev–Trinajstić information content (AvgIpc) is 2.79. The van der Waals surface area contributed by atoms with Gasteiger partial charge in [-0.2, -0.15) is 0 Å². The second-order valence-corrected chi connectivity index (χ2v) is 7.22. The van der Waals surface area contributed by atoms with Crippen LogP contribution >= 0.6 is 0 Å². The van der Waals surface area contributed by atoms with Gasteiger partial charge in [0.05, 0.1) is 0 Å². The van der Waals surface area contributed by atoms with E-state index in [-0.39, 0.29) is 6.61 Å². The van der Waals surface area contributed by atoms with Crippen LogP contribution in [0.2, 0.25) is 0 Å². The minimum atomic E-state index is -0.958. The Kier molecular flexibility index (Phi) is 11.2. The molecule has 0 heterocycles. The molecule has 0 bridgehead atoms. The number of unbranched alkanes of at least 4 members (excludes halogenated alkanes) is 3. The molecule has 0 aliphatic carbocycles. The van der Waals surface area contributed by atoms with Gasteiger partial charge in [-0.15, -0.1) is 0 Å². The number of aliphatic carboxylic acids is 1. The molecule has 0 spiro atoms. The molecular formula is C25H33NO5. The molecule has 0 amide bonds. The molecule has 1 unspecified atom stereocenters. The summed E-state index contributed by atoms with van der Waals surface area (Å²) in [6, 6.07) is 17.2. The van der Waals surface area contributed by atoms with Crippen LogP contribution in [0.25, 0.3) is 0 Å². The predicted octanol–water partition coefficient (Wildman–Crippen LogP) is 5.10. The molecule has 0 aromatic heterocycles. The summed E-state index contributed by atoms with van der Waals surface area (Å²) < 4.78 is 11.2. The van der Waals surface area contributed by atoms with Crippen LogP contribution in [-0.4, -0.2) is 42.7 Å². The van der Waals surface area contributed by atoms with Crippen molar-refractivity contribution in [2.45, 2.75) is 52.1 Å². The molecule has 6 heteroatoms. The fraction of sp³-hybridized carbons (Fsp3) is 0.440. The van der Waals surface area contributed by atoms with E-state index in [9.17, 15) is 9.90 Å². The van der Waals surface area contributed by atoms with Crippen LogP contribution in [0.5, 0.6) is 5.75 Å². The van der Waals surface area contributed by atoms with Gasteiger partial charge in [-0.1, -0.05) is 67.4 Å². The zero-order valence-electron chi connectivity index (χ0n) is 18.5. The molecule has 0 fully saturated rings. The van der Waals surface area contributed by atoms with E-state index in [1.807, 2.05) is 54.6 Å². The van der Waals surface area contributed by atoms with Crippen molar-refractivity contribution in [3.8, 4) is 5.75 Å². The van der Waals surface area contributed by atoms with Crippen LogP contribution in [-0.2, 0) is 20.8 Å².